The number of pyridine rings is 1. The fourth-order valence-electron chi connectivity index (χ4n) is 2.42. The highest BCUT2D eigenvalue weighted by molar-refractivity contribution is 7.14. The quantitative estimate of drug-likeness (QED) is 0.592. The van der Waals surface area contributed by atoms with Crippen molar-refractivity contribution < 1.29 is 4.79 Å². The lowest BCUT2D eigenvalue weighted by molar-refractivity contribution is 0.102. The van der Waals surface area contributed by atoms with Crippen LogP contribution in [0.1, 0.15) is 10.5 Å². The molecule has 3 heterocycles. The molecule has 0 saturated carbocycles. The van der Waals surface area contributed by atoms with E-state index in [0.717, 1.165) is 11.3 Å². The summed E-state index contributed by atoms with van der Waals surface area (Å²) in [6.45, 7) is 0. The molecule has 25 heavy (non-hydrogen) atoms. The Morgan fingerprint density at radius 3 is 2.76 bits per heavy atom. The first-order chi connectivity index (χ1) is 12.2. The second kappa shape index (κ2) is 6.25. The molecule has 4 rings (SSSR count). The maximum Gasteiger partial charge on any atom is 0.278 e. The predicted molar refractivity (Wildman–Crippen MR) is 95.7 cm³/mol. The van der Waals surface area contributed by atoms with Crippen LogP contribution in [0.3, 0.4) is 0 Å². The molecule has 0 atom stereocenters. The number of nitrogens with zero attached hydrogens (tertiary/aromatic N) is 3. The summed E-state index contributed by atoms with van der Waals surface area (Å²) < 4.78 is 0. The first-order valence-electron chi connectivity index (χ1n) is 7.37. The molecule has 0 unspecified atom stereocenters. The number of aromatic amines is 1. The van der Waals surface area contributed by atoms with Crippen molar-refractivity contribution in [3.8, 4) is 11.3 Å². The number of hydrogen-bond donors (Lipinski definition) is 2. The second-order valence-electron chi connectivity index (χ2n) is 5.18. The number of aromatic nitrogens is 4. The van der Waals surface area contributed by atoms with Crippen molar-refractivity contribution in [2.45, 2.75) is 0 Å². The fourth-order valence-corrected chi connectivity index (χ4v) is 3.14. The molecule has 4 aromatic rings. The highest BCUT2D eigenvalue weighted by Crippen LogP contribution is 2.24. The van der Waals surface area contributed by atoms with Gasteiger partial charge in [0, 0.05) is 28.7 Å². The van der Waals surface area contributed by atoms with E-state index in [2.05, 4.69) is 25.5 Å². The second-order valence-corrected chi connectivity index (χ2v) is 6.04. The molecule has 0 aliphatic rings. The van der Waals surface area contributed by atoms with E-state index in [4.69, 9.17) is 0 Å². The summed E-state index contributed by atoms with van der Waals surface area (Å²) in [4.78, 5) is 32.8. The molecule has 122 valence electrons. The van der Waals surface area contributed by atoms with Crippen molar-refractivity contribution >= 4 is 33.1 Å². The number of nitrogens with one attached hydrogen (secondary N) is 2. The van der Waals surface area contributed by atoms with E-state index in [9.17, 15) is 9.59 Å². The Balaban J connectivity index is 1.64. The predicted octanol–water partition coefficient (Wildman–Crippen LogP) is 2.69. The SMILES string of the molecule is O=C(Nc1nc(-c2cccnc2)cs1)c1n[nH]c(=O)c2ccccc12. The lowest BCUT2D eigenvalue weighted by Crippen LogP contribution is -2.19. The van der Waals surface area contributed by atoms with Gasteiger partial charge in [0.15, 0.2) is 10.8 Å². The monoisotopic (exact) mass is 349 g/mol. The van der Waals surface area contributed by atoms with Crippen LogP contribution >= 0.6 is 11.3 Å². The van der Waals surface area contributed by atoms with E-state index in [1.54, 1.807) is 36.7 Å². The van der Waals surface area contributed by atoms with Gasteiger partial charge in [-0.1, -0.05) is 18.2 Å². The largest absolute Gasteiger partial charge is 0.296 e. The molecule has 0 aliphatic heterocycles. The Labute approximate surface area is 145 Å². The van der Waals surface area contributed by atoms with Crippen LogP contribution in [0, 0.1) is 0 Å². The van der Waals surface area contributed by atoms with Crippen LogP contribution in [0.2, 0.25) is 0 Å². The molecular formula is C17H11N5O2S. The Morgan fingerprint density at radius 2 is 1.96 bits per heavy atom. The molecule has 0 aliphatic carbocycles. The third kappa shape index (κ3) is 2.90. The van der Waals surface area contributed by atoms with E-state index >= 15 is 0 Å². The number of H-pyrrole nitrogens is 1. The van der Waals surface area contributed by atoms with Crippen LogP contribution < -0.4 is 10.9 Å². The van der Waals surface area contributed by atoms with E-state index in [1.807, 2.05) is 17.5 Å². The van der Waals surface area contributed by atoms with E-state index in [1.165, 1.54) is 11.3 Å². The van der Waals surface area contributed by atoms with E-state index in [-0.39, 0.29) is 11.3 Å². The average molecular weight is 349 g/mol. The Bertz CT molecular complexity index is 1120. The first kappa shape index (κ1) is 15.2. The smallest absolute Gasteiger partial charge is 0.278 e. The molecule has 1 amide bonds. The third-order valence-electron chi connectivity index (χ3n) is 3.59. The van der Waals surface area contributed by atoms with Crippen LogP contribution in [0.15, 0.2) is 59.0 Å². The lowest BCUT2D eigenvalue weighted by atomic mass is 10.1. The molecule has 0 saturated heterocycles. The molecule has 7 nitrogen and oxygen atoms in total. The number of carbonyl (C=O) groups is 1. The van der Waals surface area contributed by atoms with Gasteiger partial charge >= 0.3 is 0 Å². The van der Waals surface area contributed by atoms with Crippen LogP contribution in [0.4, 0.5) is 5.13 Å². The fraction of sp³-hybridized carbons (Fsp3) is 0. The van der Waals surface area contributed by atoms with Gasteiger partial charge in [0.2, 0.25) is 0 Å². The third-order valence-corrected chi connectivity index (χ3v) is 4.35. The lowest BCUT2D eigenvalue weighted by Gasteiger charge is -2.04. The van der Waals surface area contributed by atoms with Crippen molar-refractivity contribution in [3.05, 3.63) is 70.2 Å². The first-order valence-corrected chi connectivity index (χ1v) is 8.25. The van der Waals surface area contributed by atoms with Gasteiger partial charge in [-0.2, -0.15) is 5.10 Å². The van der Waals surface area contributed by atoms with Gasteiger partial charge in [-0.25, -0.2) is 10.1 Å². The summed E-state index contributed by atoms with van der Waals surface area (Å²) in [6, 6.07) is 10.5. The van der Waals surface area contributed by atoms with Crippen molar-refractivity contribution in [2.24, 2.45) is 0 Å². The minimum Gasteiger partial charge on any atom is -0.296 e. The van der Waals surface area contributed by atoms with Crippen molar-refractivity contribution in [1.82, 2.24) is 20.2 Å². The molecular weight excluding hydrogens is 338 g/mol. The maximum absolute atomic E-state index is 12.5. The van der Waals surface area contributed by atoms with Crippen LogP contribution in [0.25, 0.3) is 22.0 Å². The van der Waals surface area contributed by atoms with Crippen LogP contribution in [-0.2, 0) is 0 Å². The molecule has 2 N–H and O–H groups in total. The summed E-state index contributed by atoms with van der Waals surface area (Å²) in [5.41, 5.74) is 1.41. The summed E-state index contributed by atoms with van der Waals surface area (Å²) in [5, 5.41) is 12.1. The van der Waals surface area contributed by atoms with Gasteiger partial charge in [0.05, 0.1) is 11.1 Å². The Morgan fingerprint density at radius 1 is 1.12 bits per heavy atom. The summed E-state index contributed by atoms with van der Waals surface area (Å²) in [5.74, 6) is -0.431. The number of benzene rings is 1. The van der Waals surface area contributed by atoms with Gasteiger partial charge in [-0.3, -0.25) is 19.9 Å². The van der Waals surface area contributed by atoms with Crippen LogP contribution in [0.5, 0.6) is 0 Å². The minimum absolute atomic E-state index is 0.147. The van der Waals surface area contributed by atoms with Gasteiger partial charge in [-0.15, -0.1) is 11.3 Å². The summed E-state index contributed by atoms with van der Waals surface area (Å²) in [6.07, 6.45) is 3.39. The number of carbonyl (C=O) groups excluding carboxylic acids is 1. The number of thiazole rings is 1. The maximum atomic E-state index is 12.5. The Hall–Kier alpha value is -3.39. The van der Waals surface area contributed by atoms with Gasteiger partial charge in [-0.05, 0) is 18.2 Å². The normalized spacial score (nSPS) is 10.7. The standard InChI is InChI=1S/C17H11N5O2S/c23-15-12-6-2-1-5-11(12)14(21-22-15)16(24)20-17-19-13(9-25-17)10-4-3-7-18-8-10/h1-9H,(H,22,23)(H,19,20,24). The Kier molecular flexibility index (Phi) is 3.79. The zero-order chi connectivity index (χ0) is 17.2. The molecule has 0 fully saturated rings. The number of rotatable bonds is 3. The average Bonchev–Trinajstić information content (AvgIpc) is 3.11. The van der Waals surface area contributed by atoms with Gasteiger partial charge in [0.25, 0.3) is 11.5 Å². The van der Waals surface area contributed by atoms with Crippen molar-refractivity contribution in [1.29, 1.82) is 0 Å². The molecule has 0 spiro atoms. The van der Waals surface area contributed by atoms with E-state index < -0.39 is 5.91 Å². The summed E-state index contributed by atoms with van der Waals surface area (Å²) in [7, 11) is 0. The topological polar surface area (TPSA) is 101 Å². The highest BCUT2D eigenvalue weighted by atomic mass is 32.1. The van der Waals surface area contributed by atoms with Gasteiger partial charge < -0.3 is 0 Å². The number of amides is 1. The number of fused-ring (bicyclic) bond motifs is 1. The molecule has 3 aromatic heterocycles. The number of hydrogen-bond acceptors (Lipinski definition) is 6. The number of anilines is 1. The van der Waals surface area contributed by atoms with Crippen LogP contribution in [-0.4, -0.2) is 26.1 Å². The molecule has 0 radical (unpaired) electrons. The van der Waals surface area contributed by atoms with Gasteiger partial charge in [0.1, 0.15) is 0 Å². The molecule has 1 aromatic carbocycles. The highest BCUT2D eigenvalue weighted by Gasteiger charge is 2.15. The zero-order valence-electron chi connectivity index (χ0n) is 12.8. The summed E-state index contributed by atoms with van der Waals surface area (Å²) >= 11 is 1.31. The van der Waals surface area contributed by atoms with E-state index in [0.29, 0.717) is 15.9 Å². The molecule has 8 heteroatoms. The minimum atomic E-state index is -0.431. The van der Waals surface area contributed by atoms with Crippen molar-refractivity contribution in [3.63, 3.8) is 0 Å². The zero-order valence-corrected chi connectivity index (χ0v) is 13.6. The molecule has 0 bridgehead atoms. The van der Waals surface area contributed by atoms with Crippen molar-refractivity contribution in [2.75, 3.05) is 5.32 Å².